The molecule has 0 radical (unpaired) electrons. The van der Waals surface area contributed by atoms with Gasteiger partial charge in [0.05, 0.1) is 21.6 Å². The van der Waals surface area contributed by atoms with Crippen LogP contribution in [0, 0.1) is 17.1 Å². The number of nitrogens with one attached hydrogen (secondary N) is 1. The van der Waals surface area contributed by atoms with Crippen molar-refractivity contribution in [2.45, 2.75) is 6.42 Å². The average Bonchev–Trinajstić information content (AvgIpc) is 2.73. The number of halogens is 2. The van der Waals surface area contributed by atoms with Crippen molar-refractivity contribution < 1.29 is 4.39 Å². The Morgan fingerprint density at radius 3 is 2.69 bits per heavy atom. The lowest BCUT2D eigenvalue weighted by molar-refractivity contribution is 0.625. The van der Waals surface area contributed by atoms with Gasteiger partial charge < -0.3 is 16.8 Å². The number of hydrogen-bond acceptors (Lipinski definition) is 8. The van der Waals surface area contributed by atoms with Crippen molar-refractivity contribution in [2.24, 2.45) is 0 Å². The van der Waals surface area contributed by atoms with E-state index < -0.39 is 11.4 Å². The molecule has 11 heteroatoms. The predicted octanol–water partition coefficient (Wildman–Crippen LogP) is 2.66. The molecule has 0 atom stereocenters. The third-order valence-electron chi connectivity index (χ3n) is 4.69. The summed E-state index contributed by atoms with van der Waals surface area (Å²) in [6.45, 7) is 0.221. The molecule has 9 nitrogen and oxygen atoms in total. The molecule has 0 aliphatic carbocycles. The van der Waals surface area contributed by atoms with E-state index in [9.17, 15) is 14.4 Å². The van der Waals surface area contributed by atoms with E-state index in [-0.39, 0.29) is 46.5 Å². The molecule has 4 rings (SSSR count). The second-order valence-electron chi connectivity index (χ2n) is 6.76. The van der Waals surface area contributed by atoms with Crippen LogP contribution in [0.4, 0.5) is 22.0 Å². The number of aromatic nitrogens is 4. The Labute approximate surface area is 186 Å². The first-order chi connectivity index (χ1) is 15.4. The molecule has 0 saturated carbocycles. The molecule has 0 unspecified atom stereocenters. The maximum Gasteiger partial charge on any atom is 0.267 e. The summed E-state index contributed by atoms with van der Waals surface area (Å²) < 4.78 is 15.2. The van der Waals surface area contributed by atoms with Gasteiger partial charge in [-0.2, -0.15) is 15.2 Å². The quantitative estimate of drug-likeness (QED) is 0.420. The van der Waals surface area contributed by atoms with E-state index in [1.54, 1.807) is 24.3 Å². The maximum atomic E-state index is 13.9. The zero-order valence-electron chi connectivity index (χ0n) is 16.5. The van der Waals surface area contributed by atoms with Gasteiger partial charge in [0.25, 0.3) is 5.56 Å². The summed E-state index contributed by atoms with van der Waals surface area (Å²) in [5.41, 5.74) is 11.7. The van der Waals surface area contributed by atoms with Gasteiger partial charge >= 0.3 is 0 Å². The average molecular weight is 451 g/mol. The van der Waals surface area contributed by atoms with Gasteiger partial charge in [-0.05, 0) is 30.3 Å². The Morgan fingerprint density at radius 1 is 1.16 bits per heavy atom. The highest BCUT2D eigenvalue weighted by molar-refractivity contribution is 6.35. The predicted molar refractivity (Wildman–Crippen MR) is 120 cm³/mol. The Bertz CT molecular complexity index is 1450. The Kier molecular flexibility index (Phi) is 5.57. The minimum atomic E-state index is -0.497. The standard InChI is InChI=1S/C21H16ClFN8O/c22-14-5-2-6-15-17(14)20(32)31(12-4-1-3-11(23)9-12)16(28-15)7-8-27-19-13(10-24)18(25)29-21(26)30-19/h1-6,9H,7-8H2,(H5,25,26,27,29,30). The van der Waals surface area contributed by atoms with Crippen molar-refractivity contribution in [3.63, 3.8) is 0 Å². The molecule has 160 valence electrons. The van der Waals surface area contributed by atoms with Crippen molar-refractivity contribution >= 4 is 40.1 Å². The van der Waals surface area contributed by atoms with Gasteiger partial charge in [-0.1, -0.05) is 23.7 Å². The molecular formula is C21H16ClFN8O. The van der Waals surface area contributed by atoms with Crippen LogP contribution in [0.5, 0.6) is 0 Å². The zero-order chi connectivity index (χ0) is 22.8. The first-order valence-corrected chi connectivity index (χ1v) is 9.80. The number of fused-ring (bicyclic) bond motifs is 1. The molecule has 0 aliphatic rings. The lowest BCUT2D eigenvalue weighted by Crippen LogP contribution is -2.26. The van der Waals surface area contributed by atoms with Gasteiger partial charge in [0.15, 0.2) is 5.82 Å². The third kappa shape index (κ3) is 3.89. The SMILES string of the molecule is N#Cc1c(N)nc(N)nc1NCCc1nc2cccc(Cl)c2c(=O)n1-c1cccc(F)c1. The summed E-state index contributed by atoms with van der Waals surface area (Å²) in [6, 6.07) is 12.5. The van der Waals surface area contributed by atoms with Gasteiger partial charge in [-0.15, -0.1) is 0 Å². The molecule has 2 aromatic heterocycles. The number of nitriles is 1. The minimum Gasteiger partial charge on any atom is -0.382 e. The lowest BCUT2D eigenvalue weighted by Gasteiger charge is -2.15. The van der Waals surface area contributed by atoms with Crippen molar-refractivity contribution in [3.8, 4) is 11.8 Å². The summed E-state index contributed by atoms with van der Waals surface area (Å²) in [6.07, 6.45) is 0.225. The third-order valence-corrected chi connectivity index (χ3v) is 5.00. The number of nitrogens with two attached hydrogens (primary N) is 2. The fraction of sp³-hybridized carbons (Fsp3) is 0.0952. The summed E-state index contributed by atoms with van der Waals surface area (Å²) in [7, 11) is 0. The Balaban J connectivity index is 1.77. The van der Waals surface area contributed by atoms with E-state index >= 15 is 0 Å². The van der Waals surface area contributed by atoms with Gasteiger partial charge in [0, 0.05) is 13.0 Å². The second kappa shape index (κ2) is 8.49. The minimum absolute atomic E-state index is 0.0439. The maximum absolute atomic E-state index is 13.9. The van der Waals surface area contributed by atoms with E-state index in [0.29, 0.717) is 17.0 Å². The zero-order valence-corrected chi connectivity index (χ0v) is 17.3. The highest BCUT2D eigenvalue weighted by Gasteiger charge is 2.16. The Hall–Kier alpha value is -4.23. The number of nitrogens with zero attached hydrogens (tertiary/aromatic N) is 5. The second-order valence-corrected chi connectivity index (χ2v) is 7.17. The van der Waals surface area contributed by atoms with E-state index in [0.717, 1.165) is 0 Å². The van der Waals surface area contributed by atoms with Gasteiger partial charge in [-0.25, -0.2) is 9.37 Å². The molecule has 2 heterocycles. The van der Waals surface area contributed by atoms with Crippen molar-refractivity contribution in [1.29, 1.82) is 5.26 Å². The van der Waals surface area contributed by atoms with Crippen LogP contribution < -0.4 is 22.3 Å². The topological polar surface area (TPSA) is 149 Å². The number of rotatable bonds is 5. The van der Waals surface area contributed by atoms with Crippen LogP contribution in [-0.2, 0) is 6.42 Å². The molecular weight excluding hydrogens is 435 g/mol. The molecule has 4 aromatic rings. The summed E-state index contributed by atoms with van der Waals surface area (Å²) in [5.74, 6) is -0.0996. The first-order valence-electron chi connectivity index (χ1n) is 9.42. The fourth-order valence-corrected chi connectivity index (χ4v) is 3.56. The molecule has 0 fully saturated rings. The van der Waals surface area contributed by atoms with Gasteiger partial charge in [-0.3, -0.25) is 9.36 Å². The van der Waals surface area contributed by atoms with Crippen LogP contribution in [0.2, 0.25) is 5.02 Å². The molecule has 0 bridgehead atoms. The smallest absolute Gasteiger partial charge is 0.267 e. The van der Waals surface area contributed by atoms with Crippen molar-refractivity contribution in [3.05, 3.63) is 75.0 Å². The van der Waals surface area contributed by atoms with Gasteiger partial charge in [0.2, 0.25) is 5.95 Å². The van der Waals surface area contributed by atoms with Crippen LogP contribution >= 0.6 is 11.6 Å². The molecule has 0 amide bonds. The van der Waals surface area contributed by atoms with E-state index in [1.807, 2.05) is 6.07 Å². The molecule has 5 N–H and O–H groups in total. The largest absolute Gasteiger partial charge is 0.382 e. The first kappa shape index (κ1) is 21.0. The molecule has 0 saturated heterocycles. The van der Waals surface area contributed by atoms with E-state index in [2.05, 4.69) is 20.3 Å². The number of hydrogen-bond donors (Lipinski definition) is 3. The highest BCUT2D eigenvalue weighted by Crippen LogP contribution is 2.22. The van der Waals surface area contributed by atoms with Gasteiger partial charge in [0.1, 0.15) is 29.1 Å². The molecule has 32 heavy (non-hydrogen) atoms. The highest BCUT2D eigenvalue weighted by atomic mass is 35.5. The van der Waals surface area contributed by atoms with Crippen LogP contribution in [-0.4, -0.2) is 26.1 Å². The lowest BCUT2D eigenvalue weighted by atomic mass is 10.2. The monoisotopic (exact) mass is 450 g/mol. The Morgan fingerprint density at radius 2 is 1.94 bits per heavy atom. The van der Waals surface area contributed by atoms with E-state index in [1.165, 1.54) is 22.8 Å². The number of anilines is 3. The fourth-order valence-electron chi connectivity index (χ4n) is 3.31. The van der Waals surface area contributed by atoms with Crippen LogP contribution in [0.15, 0.2) is 47.3 Å². The summed E-state index contributed by atoms with van der Waals surface area (Å²) in [5, 5.41) is 12.8. The van der Waals surface area contributed by atoms with Crippen molar-refractivity contribution in [2.75, 3.05) is 23.3 Å². The summed E-state index contributed by atoms with van der Waals surface area (Å²) in [4.78, 5) is 25.7. The normalized spacial score (nSPS) is 10.8. The summed E-state index contributed by atoms with van der Waals surface area (Å²) >= 11 is 6.24. The van der Waals surface area contributed by atoms with Crippen LogP contribution in [0.25, 0.3) is 16.6 Å². The van der Waals surface area contributed by atoms with Crippen molar-refractivity contribution in [1.82, 2.24) is 19.5 Å². The van der Waals surface area contributed by atoms with Crippen LogP contribution in [0.3, 0.4) is 0 Å². The van der Waals surface area contributed by atoms with E-state index in [4.69, 9.17) is 23.1 Å². The molecule has 0 spiro atoms. The molecule has 0 aliphatic heterocycles. The molecule has 2 aromatic carbocycles. The van der Waals surface area contributed by atoms with Crippen LogP contribution in [0.1, 0.15) is 11.4 Å². The number of nitrogen functional groups attached to an aromatic ring is 2. The number of benzene rings is 2.